The minimum atomic E-state index is -3.23. The molecule has 5 heteroatoms. The van der Waals surface area contributed by atoms with Crippen molar-refractivity contribution in [2.24, 2.45) is 5.73 Å². The Hall–Kier alpha value is -0.910. The number of sulfonamides is 1. The average molecular weight is 256 g/mol. The standard InChI is InChI=1S/C12H20N2O2S/c1-3-14(17(15,16)9-8-13)10-12-7-5-4-6-11(12)2/h4-7H,3,8-10,13H2,1-2H3. The van der Waals surface area contributed by atoms with Crippen LogP contribution < -0.4 is 5.73 Å². The van der Waals surface area contributed by atoms with Crippen molar-refractivity contribution < 1.29 is 8.42 Å². The van der Waals surface area contributed by atoms with Crippen LogP contribution in [0.2, 0.25) is 0 Å². The highest BCUT2D eigenvalue weighted by Gasteiger charge is 2.19. The summed E-state index contributed by atoms with van der Waals surface area (Å²) in [5, 5.41) is 0. The highest BCUT2D eigenvalue weighted by molar-refractivity contribution is 7.89. The first-order valence-electron chi connectivity index (χ1n) is 5.73. The normalized spacial score (nSPS) is 12.0. The third-order valence-electron chi connectivity index (χ3n) is 2.73. The van der Waals surface area contributed by atoms with E-state index in [1.54, 1.807) is 0 Å². The van der Waals surface area contributed by atoms with Gasteiger partial charge < -0.3 is 5.73 Å². The molecule has 0 aliphatic rings. The summed E-state index contributed by atoms with van der Waals surface area (Å²) in [5.74, 6) is 0.00667. The third-order valence-corrected chi connectivity index (χ3v) is 4.66. The third kappa shape index (κ3) is 3.80. The summed E-state index contributed by atoms with van der Waals surface area (Å²) in [6.07, 6.45) is 0. The van der Waals surface area contributed by atoms with Crippen molar-refractivity contribution in [3.05, 3.63) is 35.4 Å². The fourth-order valence-electron chi connectivity index (χ4n) is 1.66. The van der Waals surface area contributed by atoms with Gasteiger partial charge in [-0.2, -0.15) is 4.31 Å². The molecule has 0 saturated heterocycles. The van der Waals surface area contributed by atoms with E-state index in [9.17, 15) is 8.42 Å². The van der Waals surface area contributed by atoms with Crippen LogP contribution in [-0.2, 0) is 16.6 Å². The van der Waals surface area contributed by atoms with Crippen molar-refractivity contribution >= 4 is 10.0 Å². The van der Waals surface area contributed by atoms with Crippen molar-refractivity contribution in [2.45, 2.75) is 20.4 Å². The second-order valence-electron chi connectivity index (χ2n) is 3.96. The molecule has 96 valence electrons. The number of aryl methyl sites for hydroxylation is 1. The van der Waals surface area contributed by atoms with Gasteiger partial charge in [0.25, 0.3) is 0 Å². The molecule has 0 amide bonds. The molecule has 0 aliphatic heterocycles. The lowest BCUT2D eigenvalue weighted by Gasteiger charge is -2.21. The van der Waals surface area contributed by atoms with Crippen LogP contribution in [0.3, 0.4) is 0 Å². The molecule has 17 heavy (non-hydrogen) atoms. The van der Waals surface area contributed by atoms with E-state index >= 15 is 0 Å². The highest BCUT2D eigenvalue weighted by Crippen LogP contribution is 2.13. The molecular weight excluding hydrogens is 236 g/mol. The Morgan fingerprint density at radius 2 is 1.94 bits per heavy atom. The minimum absolute atomic E-state index is 0.00667. The number of nitrogens with two attached hydrogens (primary N) is 1. The second kappa shape index (κ2) is 6.14. The monoisotopic (exact) mass is 256 g/mol. The molecule has 0 aromatic heterocycles. The lowest BCUT2D eigenvalue weighted by molar-refractivity contribution is 0.423. The molecule has 1 aromatic carbocycles. The number of hydrogen-bond acceptors (Lipinski definition) is 3. The summed E-state index contributed by atoms with van der Waals surface area (Å²) >= 11 is 0. The topological polar surface area (TPSA) is 63.4 Å². The van der Waals surface area contributed by atoms with Gasteiger partial charge in [0.2, 0.25) is 10.0 Å². The maximum absolute atomic E-state index is 11.9. The number of nitrogens with zero attached hydrogens (tertiary/aromatic N) is 1. The van der Waals surface area contributed by atoms with E-state index in [2.05, 4.69) is 0 Å². The first-order chi connectivity index (χ1) is 8.01. The van der Waals surface area contributed by atoms with Gasteiger partial charge >= 0.3 is 0 Å². The molecule has 0 saturated carbocycles. The molecule has 4 nitrogen and oxygen atoms in total. The van der Waals surface area contributed by atoms with E-state index in [4.69, 9.17) is 5.73 Å². The maximum Gasteiger partial charge on any atom is 0.215 e. The summed E-state index contributed by atoms with van der Waals surface area (Å²) in [4.78, 5) is 0. The van der Waals surface area contributed by atoms with Gasteiger partial charge in [0, 0.05) is 19.6 Å². The van der Waals surface area contributed by atoms with Crippen LogP contribution in [0, 0.1) is 6.92 Å². The predicted octanol–water partition coefficient (Wildman–Crippen LogP) is 1.11. The molecule has 0 radical (unpaired) electrons. The molecule has 0 fully saturated rings. The van der Waals surface area contributed by atoms with Crippen LogP contribution >= 0.6 is 0 Å². The van der Waals surface area contributed by atoms with Crippen LogP contribution in [0.1, 0.15) is 18.1 Å². The first kappa shape index (κ1) is 14.2. The second-order valence-corrected chi connectivity index (χ2v) is 6.05. The van der Waals surface area contributed by atoms with E-state index < -0.39 is 10.0 Å². The van der Waals surface area contributed by atoms with Crippen molar-refractivity contribution in [3.63, 3.8) is 0 Å². The van der Waals surface area contributed by atoms with E-state index in [1.165, 1.54) is 4.31 Å². The summed E-state index contributed by atoms with van der Waals surface area (Å²) in [6.45, 7) is 4.87. The maximum atomic E-state index is 11.9. The molecule has 0 spiro atoms. The average Bonchev–Trinajstić information content (AvgIpc) is 2.27. The Kier molecular flexibility index (Phi) is 5.11. The molecule has 0 atom stereocenters. The van der Waals surface area contributed by atoms with Crippen molar-refractivity contribution in [2.75, 3.05) is 18.8 Å². The van der Waals surface area contributed by atoms with Crippen LogP contribution in [0.15, 0.2) is 24.3 Å². The van der Waals surface area contributed by atoms with E-state index in [-0.39, 0.29) is 12.3 Å². The van der Waals surface area contributed by atoms with Crippen LogP contribution in [0.25, 0.3) is 0 Å². The smallest absolute Gasteiger partial charge is 0.215 e. The first-order valence-corrected chi connectivity index (χ1v) is 7.34. The highest BCUT2D eigenvalue weighted by atomic mass is 32.2. The van der Waals surface area contributed by atoms with Gasteiger partial charge in [0.15, 0.2) is 0 Å². The Morgan fingerprint density at radius 1 is 1.29 bits per heavy atom. The zero-order valence-corrected chi connectivity index (χ0v) is 11.2. The molecule has 0 unspecified atom stereocenters. The van der Waals surface area contributed by atoms with E-state index in [0.717, 1.165) is 11.1 Å². The van der Waals surface area contributed by atoms with Crippen LogP contribution in [-0.4, -0.2) is 31.6 Å². The Bertz CT molecular complexity index is 457. The zero-order valence-electron chi connectivity index (χ0n) is 10.4. The molecule has 1 aromatic rings. The van der Waals surface area contributed by atoms with Gasteiger partial charge in [0.1, 0.15) is 0 Å². The fourth-order valence-corrected chi connectivity index (χ4v) is 2.95. The fraction of sp³-hybridized carbons (Fsp3) is 0.500. The molecule has 0 bridgehead atoms. The van der Waals surface area contributed by atoms with Crippen molar-refractivity contribution in [3.8, 4) is 0 Å². The Balaban J connectivity index is 2.88. The van der Waals surface area contributed by atoms with Crippen molar-refractivity contribution in [1.29, 1.82) is 0 Å². The van der Waals surface area contributed by atoms with Crippen molar-refractivity contribution in [1.82, 2.24) is 4.31 Å². The summed E-state index contributed by atoms with van der Waals surface area (Å²) in [5.41, 5.74) is 7.47. The largest absolute Gasteiger partial charge is 0.329 e. The van der Waals surface area contributed by atoms with Crippen LogP contribution in [0.4, 0.5) is 0 Å². The molecular formula is C12H20N2O2S. The number of benzene rings is 1. The number of hydrogen-bond donors (Lipinski definition) is 1. The molecule has 1 rings (SSSR count). The lowest BCUT2D eigenvalue weighted by Crippen LogP contribution is -2.34. The Labute approximate surface area is 103 Å². The Morgan fingerprint density at radius 3 is 2.47 bits per heavy atom. The van der Waals surface area contributed by atoms with E-state index in [1.807, 2.05) is 38.1 Å². The molecule has 2 N–H and O–H groups in total. The SMILES string of the molecule is CCN(Cc1ccccc1C)S(=O)(=O)CCN. The number of rotatable bonds is 6. The quantitative estimate of drug-likeness (QED) is 0.829. The summed E-state index contributed by atoms with van der Waals surface area (Å²) < 4.78 is 25.3. The lowest BCUT2D eigenvalue weighted by atomic mass is 10.1. The minimum Gasteiger partial charge on any atom is -0.329 e. The van der Waals surface area contributed by atoms with E-state index in [0.29, 0.717) is 13.1 Å². The summed E-state index contributed by atoms with van der Waals surface area (Å²) in [6, 6.07) is 7.81. The van der Waals surface area contributed by atoms with Gasteiger partial charge in [-0.15, -0.1) is 0 Å². The van der Waals surface area contributed by atoms with Crippen LogP contribution in [0.5, 0.6) is 0 Å². The zero-order chi connectivity index (χ0) is 12.9. The van der Waals surface area contributed by atoms with Gasteiger partial charge in [-0.05, 0) is 18.1 Å². The van der Waals surface area contributed by atoms with Gasteiger partial charge in [-0.1, -0.05) is 31.2 Å². The van der Waals surface area contributed by atoms with Gasteiger partial charge in [0.05, 0.1) is 5.75 Å². The molecule has 0 aliphatic carbocycles. The van der Waals surface area contributed by atoms with Gasteiger partial charge in [-0.25, -0.2) is 8.42 Å². The summed E-state index contributed by atoms with van der Waals surface area (Å²) in [7, 11) is -3.23. The predicted molar refractivity (Wildman–Crippen MR) is 70.1 cm³/mol. The van der Waals surface area contributed by atoms with Gasteiger partial charge in [-0.3, -0.25) is 0 Å². The molecule has 0 heterocycles.